The van der Waals surface area contributed by atoms with Crippen LogP contribution in [0.2, 0.25) is 0 Å². The Morgan fingerprint density at radius 2 is 2.20 bits per heavy atom. The van der Waals surface area contributed by atoms with Crippen molar-refractivity contribution in [3.8, 4) is 6.07 Å². The molecule has 0 aliphatic heterocycles. The summed E-state index contributed by atoms with van der Waals surface area (Å²) >= 11 is 1.13. The fourth-order valence-corrected chi connectivity index (χ4v) is 3.97. The maximum atomic E-state index is 13.9. The Morgan fingerprint density at radius 3 is 2.80 bits per heavy atom. The van der Waals surface area contributed by atoms with Crippen LogP contribution in [0.5, 0.6) is 0 Å². The molecule has 1 heterocycles. The number of esters is 1. The van der Waals surface area contributed by atoms with Crippen LogP contribution in [-0.4, -0.2) is 24.0 Å². The highest BCUT2D eigenvalue weighted by Crippen LogP contribution is 2.39. The second-order valence-electron chi connectivity index (χ2n) is 6.38. The Morgan fingerprint density at radius 1 is 1.48 bits per heavy atom. The summed E-state index contributed by atoms with van der Waals surface area (Å²) in [6.07, 6.45) is 1.80. The van der Waals surface area contributed by atoms with Crippen LogP contribution in [-0.2, 0) is 9.53 Å². The SMILES string of the molecule is Cc1c(C(=O)OCC(=O)N[C@@](C)(C#N)C2CC2)sc2cccc(F)c12. The Bertz CT molecular complexity index is 898. The van der Waals surface area contributed by atoms with E-state index < -0.39 is 29.8 Å². The van der Waals surface area contributed by atoms with Gasteiger partial charge in [0.1, 0.15) is 16.2 Å². The number of hydrogen-bond donors (Lipinski definition) is 1. The van der Waals surface area contributed by atoms with Crippen LogP contribution in [0, 0.1) is 30.0 Å². The summed E-state index contributed by atoms with van der Waals surface area (Å²) in [6, 6.07) is 6.76. The molecule has 0 bridgehead atoms. The van der Waals surface area contributed by atoms with E-state index in [1.54, 1.807) is 26.0 Å². The Labute approximate surface area is 148 Å². The van der Waals surface area contributed by atoms with Crippen molar-refractivity contribution in [2.45, 2.75) is 32.2 Å². The van der Waals surface area contributed by atoms with Crippen molar-refractivity contribution in [2.24, 2.45) is 5.92 Å². The molecular formula is C18H17FN2O3S. The van der Waals surface area contributed by atoms with Crippen LogP contribution in [0.15, 0.2) is 18.2 Å². The predicted molar refractivity (Wildman–Crippen MR) is 91.7 cm³/mol. The topological polar surface area (TPSA) is 79.2 Å². The average molecular weight is 360 g/mol. The zero-order chi connectivity index (χ0) is 18.2. The fourth-order valence-electron chi connectivity index (χ4n) is 2.85. The molecule has 1 aromatic carbocycles. The van der Waals surface area contributed by atoms with Gasteiger partial charge in [-0.2, -0.15) is 5.26 Å². The van der Waals surface area contributed by atoms with E-state index in [1.807, 2.05) is 0 Å². The number of fused-ring (bicyclic) bond motifs is 1. The molecule has 1 saturated carbocycles. The van der Waals surface area contributed by atoms with E-state index in [1.165, 1.54) is 6.07 Å². The van der Waals surface area contributed by atoms with Crippen LogP contribution < -0.4 is 5.32 Å². The first-order valence-electron chi connectivity index (χ1n) is 7.92. The zero-order valence-corrected chi connectivity index (χ0v) is 14.7. The van der Waals surface area contributed by atoms with Gasteiger partial charge in [0.25, 0.3) is 5.91 Å². The molecule has 7 heteroatoms. The molecule has 5 nitrogen and oxygen atoms in total. The van der Waals surface area contributed by atoms with Crippen molar-refractivity contribution in [1.29, 1.82) is 5.26 Å². The number of carbonyl (C=O) groups is 2. The van der Waals surface area contributed by atoms with Crippen LogP contribution in [0.25, 0.3) is 10.1 Å². The van der Waals surface area contributed by atoms with E-state index in [9.17, 15) is 19.2 Å². The number of nitrogens with one attached hydrogen (secondary N) is 1. The summed E-state index contributed by atoms with van der Waals surface area (Å²) in [6.45, 7) is 2.85. The molecule has 0 radical (unpaired) electrons. The van der Waals surface area contributed by atoms with Crippen molar-refractivity contribution in [2.75, 3.05) is 6.61 Å². The van der Waals surface area contributed by atoms with Gasteiger partial charge < -0.3 is 10.1 Å². The lowest BCUT2D eigenvalue weighted by Crippen LogP contribution is -2.48. The molecule has 1 N–H and O–H groups in total. The van der Waals surface area contributed by atoms with Gasteiger partial charge in [-0.3, -0.25) is 4.79 Å². The van der Waals surface area contributed by atoms with E-state index in [0.717, 1.165) is 24.2 Å². The minimum Gasteiger partial charge on any atom is -0.451 e. The first-order valence-corrected chi connectivity index (χ1v) is 8.74. The van der Waals surface area contributed by atoms with Gasteiger partial charge in [0, 0.05) is 10.1 Å². The van der Waals surface area contributed by atoms with E-state index in [2.05, 4.69) is 11.4 Å². The molecule has 1 aliphatic carbocycles. The van der Waals surface area contributed by atoms with Gasteiger partial charge in [0.15, 0.2) is 6.61 Å². The molecule has 2 aromatic rings. The third-order valence-electron chi connectivity index (χ3n) is 4.45. The number of halogens is 1. The molecule has 1 atom stereocenters. The predicted octanol–water partition coefficient (Wildman–Crippen LogP) is 3.31. The summed E-state index contributed by atoms with van der Waals surface area (Å²) in [4.78, 5) is 24.5. The van der Waals surface area contributed by atoms with E-state index in [-0.39, 0.29) is 10.8 Å². The molecule has 130 valence electrons. The third-order valence-corrected chi connectivity index (χ3v) is 5.69. The van der Waals surface area contributed by atoms with E-state index in [0.29, 0.717) is 15.6 Å². The van der Waals surface area contributed by atoms with Crippen molar-refractivity contribution >= 4 is 33.3 Å². The fraction of sp³-hybridized carbons (Fsp3) is 0.389. The third kappa shape index (κ3) is 3.35. The van der Waals surface area contributed by atoms with Crippen molar-refractivity contribution in [3.63, 3.8) is 0 Å². The smallest absolute Gasteiger partial charge is 0.349 e. The van der Waals surface area contributed by atoms with Crippen molar-refractivity contribution in [1.82, 2.24) is 5.32 Å². The second kappa shape index (κ2) is 6.45. The highest BCUT2D eigenvalue weighted by atomic mass is 32.1. The van der Waals surface area contributed by atoms with Gasteiger partial charge in [-0.15, -0.1) is 11.3 Å². The van der Waals surface area contributed by atoms with Gasteiger partial charge in [0.2, 0.25) is 0 Å². The Hall–Kier alpha value is -2.46. The minimum atomic E-state index is -0.930. The minimum absolute atomic E-state index is 0.143. The lowest BCUT2D eigenvalue weighted by atomic mass is 9.98. The summed E-state index contributed by atoms with van der Waals surface area (Å²) in [5, 5.41) is 12.3. The highest BCUT2D eigenvalue weighted by Gasteiger charge is 2.43. The lowest BCUT2D eigenvalue weighted by Gasteiger charge is -2.22. The van der Waals surface area contributed by atoms with Gasteiger partial charge >= 0.3 is 5.97 Å². The quantitative estimate of drug-likeness (QED) is 0.830. The molecule has 1 aliphatic rings. The number of amides is 1. The van der Waals surface area contributed by atoms with Crippen LogP contribution in [0.3, 0.4) is 0 Å². The number of carbonyl (C=O) groups excluding carboxylic acids is 2. The number of nitrogens with zero attached hydrogens (tertiary/aromatic N) is 1. The summed E-state index contributed by atoms with van der Waals surface area (Å²) in [7, 11) is 0. The first-order chi connectivity index (χ1) is 11.9. The molecule has 25 heavy (non-hydrogen) atoms. The molecule has 1 fully saturated rings. The van der Waals surface area contributed by atoms with Gasteiger partial charge in [-0.25, -0.2) is 9.18 Å². The van der Waals surface area contributed by atoms with Gasteiger partial charge in [-0.05, 0) is 50.3 Å². The largest absolute Gasteiger partial charge is 0.451 e. The van der Waals surface area contributed by atoms with E-state index in [4.69, 9.17) is 4.74 Å². The van der Waals surface area contributed by atoms with Crippen LogP contribution in [0.1, 0.15) is 35.0 Å². The monoisotopic (exact) mass is 360 g/mol. The number of benzene rings is 1. The van der Waals surface area contributed by atoms with Crippen LogP contribution in [0.4, 0.5) is 4.39 Å². The molecule has 0 unspecified atom stereocenters. The number of hydrogen-bond acceptors (Lipinski definition) is 5. The number of ether oxygens (including phenoxy) is 1. The number of thiophene rings is 1. The van der Waals surface area contributed by atoms with Crippen molar-refractivity contribution in [3.05, 3.63) is 34.5 Å². The lowest BCUT2D eigenvalue weighted by molar-refractivity contribution is -0.125. The Kier molecular flexibility index (Phi) is 4.48. The molecule has 0 spiro atoms. The summed E-state index contributed by atoms with van der Waals surface area (Å²) < 4.78 is 19.6. The molecule has 3 rings (SSSR count). The number of aryl methyl sites for hydroxylation is 1. The normalized spacial score (nSPS) is 16.1. The summed E-state index contributed by atoms with van der Waals surface area (Å²) in [5.74, 6) is -1.44. The standard InChI is InChI=1S/C18H17FN2O3S/c1-10-15-12(19)4-3-5-13(15)25-16(10)17(23)24-8-14(22)21-18(2,9-20)11-6-7-11/h3-5,11H,6-8H2,1-2H3,(H,21,22)/t18-/m0/s1. The number of rotatable bonds is 5. The molecular weight excluding hydrogens is 343 g/mol. The maximum Gasteiger partial charge on any atom is 0.349 e. The van der Waals surface area contributed by atoms with Crippen molar-refractivity contribution < 1.29 is 18.7 Å². The molecule has 1 amide bonds. The molecule has 1 aromatic heterocycles. The van der Waals surface area contributed by atoms with Crippen LogP contribution >= 0.6 is 11.3 Å². The number of nitriles is 1. The van der Waals surface area contributed by atoms with Gasteiger partial charge in [0.05, 0.1) is 6.07 Å². The highest BCUT2D eigenvalue weighted by molar-refractivity contribution is 7.21. The first kappa shape index (κ1) is 17.4. The maximum absolute atomic E-state index is 13.9. The Balaban J connectivity index is 1.67. The zero-order valence-electron chi connectivity index (χ0n) is 13.9. The molecule has 0 saturated heterocycles. The average Bonchev–Trinajstić information content (AvgIpc) is 3.38. The van der Waals surface area contributed by atoms with E-state index >= 15 is 0 Å². The van der Waals surface area contributed by atoms with Gasteiger partial charge in [-0.1, -0.05) is 6.07 Å². The second-order valence-corrected chi connectivity index (χ2v) is 7.43. The summed E-state index contributed by atoms with van der Waals surface area (Å²) in [5.41, 5.74) is -0.427.